The SMILES string of the molecule is O=C(O)c1cccc(S(=O)(=O)NCC(=O)c2ccc(F)cc2)c1. The number of halogens is 1. The molecule has 0 amide bonds. The van der Waals surface area contributed by atoms with Gasteiger partial charge in [-0.1, -0.05) is 6.07 Å². The predicted molar refractivity (Wildman–Crippen MR) is 79.3 cm³/mol. The minimum Gasteiger partial charge on any atom is -0.478 e. The van der Waals surface area contributed by atoms with Crippen molar-refractivity contribution in [2.75, 3.05) is 6.54 Å². The highest BCUT2D eigenvalue weighted by Gasteiger charge is 2.17. The molecule has 0 atom stereocenters. The molecule has 0 aliphatic carbocycles. The molecule has 2 N–H and O–H groups in total. The molecule has 8 heteroatoms. The number of rotatable bonds is 6. The summed E-state index contributed by atoms with van der Waals surface area (Å²) in [5.74, 6) is -2.31. The van der Waals surface area contributed by atoms with Gasteiger partial charge < -0.3 is 5.11 Å². The van der Waals surface area contributed by atoms with E-state index in [1.807, 2.05) is 0 Å². The van der Waals surface area contributed by atoms with Crippen LogP contribution in [0.3, 0.4) is 0 Å². The maximum atomic E-state index is 12.8. The Bertz CT molecular complexity index is 846. The number of ketones is 1. The average molecular weight is 337 g/mol. The molecule has 2 aromatic rings. The van der Waals surface area contributed by atoms with Gasteiger partial charge in [0.05, 0.1) is 17.0 Å². The molecule has 6 nitrogen and oxygen atoms in total. The van der Waals surface area contributed by atoms with E-state index in [0.29, 0.717) is 0 Å². The van der Waals surface area contributed by atoms with Gasteiger partial charge in [-0.2, -0.15) is 0 Å². The Labute approximate surface area is 131 Å². The molecule has 0 aromatic heterocycles. The van der Waals surface area contributed by atoms with Gasteiger partial charge in [-0.3, -0.25) is 4.79 Å². The largest absolute Gasteiger partial charge is 0.478 e. The summed E-state index contributed by atoms with van der Waals surface area (Å²) in [6.07, 6.45) is 0. The zero-order valence-electron chi connectivity index (χ0n) is 11.7. The number of Topliss-reactive ketones (excluding diaryl/α,β-unsaturated/α-hetero) is 1. The third-order valence-electron chi connectivity index (χ3n) is 2.98. The first-order valence-corrected chi connectivity index (χ1v) is 7.90. The van der Waals surface area contributed by atoms with Crippen molar-refractivity contribution in [2.45, 2.75) is 4.90 Å². The number of sulfonamides is 1. The van der Waals surface area contributed by atoms with Crippen LogP contribution in [0.1, 0.15) is 20.7 Å². The normalized spacial score (nSPS) is 11.2. The van der Waals surface area contributed by atoms with Crippen LogP contribution < -0.4 is 4.72 Å². The summed E-state index contributed by atoms with van der Waals surface area (Å²) in [5.41, 5.74) is -0.0221. The van der Waals surface area contributed by atoms with Crippen LogP contribution in [-0.4, -0.2) is 31.8 Å². The molecule has 0 radical (unpaired) electrons. The van der Waals surface area contributed by atoms with E-state index in [2.05, 4.69) is 4.72 Å². The molecule has 0 bridgehead atoms. The number of carbonyl (C=O) groups is 2. The molecular weight excluding hydrogens is 325 g/mol. The molecule has 0 spiro atoms. The average Bonchev–Trinajstić information content (AvgIpc) is 2.53. The van der Waals surface area contributed by atoms with Crippen molar-refractivity contribution in [1.29, 1.82) is 0 Å². The van der Waals surface area contributed by atoms with Gasteiger partial charge in [-0.15, -0.1) is 0 Å². The highest BCUT2D eigenvalue weighted by molar-refractivity contribution is 7.89. The Morgan fingerprint density at radius 1 is 1.04 bits per heavy atom. The fourth-order valence-electron chi connectivity index (χ4n) is 1.78. The number of nitrogens with one attached hydrogen (secondary N) is 1. The van der Waals surface area contributed by atoms with Crippen LogP contribution in [0, 0.1) is 5.82 Å². The van der Waals surface area contributed by atoms with Gasteiger partial charge >= 0.3 is 5.97 Å². The Morgan fingerprint density at radius 3 is 2.30 bits per heavy atom. The zero-order chi connectivity index (χ0) is 17.0. The number of carboxylic acids is 1. The number of benzene rings is 2. The van der Waals surface area contributed by atoms with E-state index in [9.17, 15) is 22.4 Å². The van der Waals surface area contributed by atoms with Crippen LogP contribution in [0.5, 0.6) is 0 Å². The number of carbonyl (C=O) groups excluding carboxylic acids is 1. The standard InChI is InChI=1S/C15H12FNO5S/c16-12-6-4-10(5-7-12)14(18)9-17-23(21,22)13-3-1-2-11(8-13)15(19)20/h1-8,17H,9H2,(H,19,20). The van der Waals surface area contributed by atoms with Gasteiger partial charge in [-0.05, 0) is 42.5 Å². The second-order valence-corrected chi connectivity index (χ2v) is 6.35. The third kappa shape index (κ3) is 4.21. The minimum absolute atomic E-state index is 0.161. The van der Waals surface area contributed by atoms with Crippen molar-refractivity contribution >= 4 is 21.8 Å². The van der Waals surface area contributed by atoms with Crippen molar-refractivity contribution < 1.29 is 27.5 Å². The quantitative estimate of drug-likeness (QED) is 0.781. The van der Waals surface area contributed by atoms with Gasteiger partial charge in [0.25, 0.3) is 0 Å². The van der Waals surface area contributed by atoms with Crippen LogP contribution in [0.4, 0.5) is 4.39 Å². The second kappa shape index (κ2) is 6.67. The Kier molecular flexibility index (Phi) is 4.87. The van der Waals surface area contributed by atoms with Crippen LogP contribution >= 0.6 is 0 Å². The zero-order valence-corrected chi connectivity index (χ0v) is 12.5. The number of carboxylic acid groups (broad SMARTS) is 1. The second-order valence-electron chi connectivity index (χ2n) is 4.59. The first-order chi connectivity index (χ1) is 10.8. The summed E-state index contributed by atoms with van der Waals surface area (Å²) in [6, 6.07) is 9.44. The summed E-state index contributed by atoms with van der Waals surface area (Å²) >= 11 is 0. The molecule has 0 aliphatic heterocycles. The lowest BCUT2D eigenvalue weighted by atomic mass is 10.1. The highest BCUT2D eigenvalue weighted by atomic mass is 32.2. The van der Waals surface area contributed by atoms with E-state index in [1.54, 1.807) is 0 Å². The lowest BCUT2D eigenvalue weighted by Gasteiger charge is -2.07. The maximum Gasteiger partial charge on any atom is 0.335 e. The molecule has 0 heterocycles. The van der Waals surface area contributed by atoms with Gasteiger partial charge in [-0.25, -0.2) is 22.3 Å². The van der Waals surface area contributed by atoms with E-state index < -0.39 is 34.1 Å². The van der Waals surface area contributed by atoms with Crippen LogP contribution in [0.25, 0.3) is 0 Å². The van der Waals surface area contributed by atoms with Crippen molar-refractivity contribution in [1.82, 2.24) is 4.72 Å². The summed E-state index contributed by atoms with van der Waals surface area (Å²) in [4.78, 5) is 22.5. The number of hydrogen-bond acceptors (Lipinski definition) is 4. The van der Waals surface area contributed by atoms with E-state index in [1.165, 1.54) is 30.3 Å². The monoisotopic (exact) mass is 337 g/mol. The lowest BCUT2D eigenvalue weighted by Crippen LogP contribution is -2.29. The molecule has 0 saturated heterocycles. The molecule has 23 heavy (non-hydrogen) atoms. The van der Waals surface area contributed by atoms with E-state index >= 15 is 0 Å². The van der Waals surface area contributed by atoms with Gasteiger partial charge in [0.15, 0.2) is 5.78 Å². The molecule has 0 saturated carbocycles. The van der Waals surface area contributed by atoms with Crippen LogP contribution in [-0.2, 0) is 10.0 Å². The van der Waals surface area contributed by atoms with Crippen LogP contribution in [0.15, 0.2) is 53.4 Å². The minimum atomic E-state index is -4.04. The van der Waals surface area contributed by atoms with Gasteiger partial charge in [0, 0.05) is 5.56 Å². The van der Waals surface area contributed by atoms with E-state index in [4.69, 9.17) is 5.11 Å². The fourth-order valence-corrected chi connectivity index (χ4v) is 2.81. The summed E-state index contributed by atoms with van der Waals surface area (Å²) < 4.78 is 39.0. The van der Waals surface area contributed by atoms with Crippen molar-refractivity contribution in [3.8, 4) is 0 Å². The molecule has 0 fully saturated rings. The summed E-state index contributed by atoms with van der Waals surface area (Å²) in [6.45, 7) is -0.523. The maximum absolute atomic E-state index is 12.8. The number of aromatic carboxylic acids is 1. The first kappa shape index (κ1) is 16.8. The summed E-state index contributed by atoms with van der Waals surface area (Å²) in [7, 11) is -4.04. The third-order valence-corrected chi connectivity index (χ3v) is 4.38. The van der Waals surface area contributed by atoms with Crippen molar-refractivity contribution in [3.63, 3.8) is 0 Å². The Balaban J connectivity index is 2.12. The Hall–Kier alpha value is -2.58. The van der Waals surface area contributed by atoms with Crippen molar-refractivity contribution in [2.24, 2.45) is 0 Å². The molecule has 0 unspecified atom stereocenters. The topological polar surface area (TPSA) is 101 Å². The van der Waals surface area contributed by atoms with Crippen LogP contribution in [0.2, 0.25) is 0 Å². The summed E-state index contributed by atoms with van der Waals surface area (Å²) in [5, 5.41) is 8.86. The highest BCUT2D eigenvalue weighted by Crippen LogP contribution is 2.12. The van der Waals surface area contributed by atoms with E-state index in [-0.39, 0.29) is 16.0 Å². The molecule has 2 rings (SSSR count). The smallest absolute Gasteiger partial charge is 0.335 e. The predicted octanol–water partition coefficient (Wildman–Crippen LogP) is 1.69. The Morgan fingerprint density at radius 2 is 1.70 bits per heavy atom. The first-order valence-electron chi connectivity index (χ1n) is 6.41. The van der Waals surface area contributed by atoms with E-state index in [0.717, 1.165) is 18.2 Å². The molecule has 120 valence electrons. The number of hydrogen-bond donors (Lipinski definition) is 2. The van der Waals surface area contributed by atoms with Gasteiger partial charge in [0.2, 0.25) is 10.0 Å². The fraction of sp³-hybridized carbons (Fsp3) is 0.0667. The molecule has 2 aromatic carbocycles. The molecular formula is C15H12FNO5S. The van der Waals surface area contributed by atoms with Gasteiger partial charge in [0.1, 0.15) is 5.82 Å². The lowest BCUT2D eigenvalue weighted by molar-refractivity contribution is 0.0696. The van der Waals surface area contributed by atoms with Crippen molar-refractivity contribution in [3.05, 3.63) is 65.5 Å². The molecule has 0 aliphatic rings.